The van der Waals surface area contributed by atoms with Crippen LogP contribution in [0.15, 0.2) is 12.1 Å². The van der Waals surface area contributed by atoms with E-state index in [0.717, 1.165) is 31.0 Å². The summed E-state index contributed by atoms with van der Waals surface area (Å²) in [5.41, 5.74) is 2.58. The molecule has 0 N–H and O–H groups in total. The van der Waals surface area contributed by atoms with Gasteiger partial charge in [0.25, 0.3) is 0 Å². The molecule has 1 aromatic carbocycles. The van der Waals surface area contributed by atoms with E-state index in [1.165, 1.54) is 11.1 Å². The average Bonchev–Trinajstić information content (AvgIpc) is 2.36. The first-order chi connectivity index (χ1) is 8.70. The second kappa shape index (κ2) is 6.30. The molecule has 0 saturated carbocycles. The van der Waals surface area contributed by atoms with Crippen molar-refractivity contribution < 1.29 is 9.47 Å². The lowest BCUT2D eigenvalue weighted by Gasteiger charge is -2.21. The van der Waals surface area contributed by atoms with Crippen LogP contribution in [0.5, 0.6) is 11.5 Å². The second-order valence-corrected chi connectivity index (χ2v) is 5.04. The predicted molar refractivity (Wildman–Crippen MR) is 74.1 cm³/mol. The molecule has 0 radical (unpaired) electrons. The molecule has 0 atom stereocenters. The van der Waals surface area contributed by atoms with Gasteiger partial charge in [-0.3, -0.25) is 0 Å². The Balaban J connectivity index is 2.04. The average molecular weight is 270 g/mol. The molecule has 18 heavy (non-hydrogen) atoms. The van der Waals surface area contributed by atoms with Gasteiger partial charge in [0.05, 0.1) is 0 Å². The minimum atomic E-state index is 0.641. The minimum Gasteiger partial charge on any atom is -0.486 e. The number of nitrogens with zero attached hydrogens (tertiary/aromatic N) is 1. The highest BCUT2D eigenvalue weighted by molar-refractivity contribution is 6.18. The Morgan fingerprint density at radius 1 is 1.17 bits per heavy atom. The van der Waals surface area contributed by atoms with Crippen molar-refractivity contribution in [3.8, 4) is 11.5 Å². The van der Waals surface area contributed by atoms with Gasteiger partial charge in [0, 0.05) is 19.0 Å². The van der Waals surface area contributed by atoms with Gasteiger partial charge in [0.15, 0.2) is 11.5 Å². The molecule has 0 spiro atoms. The summed E-state index contributed by atoms with van der Waals surface area (Å²) in [6, 6.07) is 4.18. The highest BCUT2D eigenvalue weighted by Gasteiger charge is 2.14. The van der Waals surface area contributed by atoms with E-state index in [9.17, 15) is 0 Å². The first-order valence-electron chi connectivity index (χ1n) is 6.34. The SMILES string of the molecule is Cc1cc2c(cc1CCN(C)CCCl)OCCO2. The predicted octanol–water partition coefficient (Wildman–Crippen LogP) is 2.48. The van der Waals surface area contributed by atoms with Crippen LogP contribution >= 0.6 is 11.6 Å². The van der Waals surface area contributed by atoms with E-state index in [0.29, 0.717) is 19.1 Å². The van der Waals surface area contributed by atoms with Crippen molar-refractivity contribution in [2.24, 2.45) is 0 Å². The molecule has 3 nitrogen and oxygen atoms in total. The molecule has 1 aliphatic heterocycles. The lowest BCUT2D eigenvalue weighted by Crippen LogP contribution is -2.23. The molecular weight excluding hydrogens is 250 g/mol. The van der Waals surface area contributed by atoms with Crippen molar-refractivity contribution in [3.05, 3.63) is 23.3 Å². The van der Waals surface area contributed by atoms with E-state index >= 15 is 0 Å². The van der Waals surface area contributed by atoms with Crippen LogP contribution in [0.3, 0.4) is 0 Å². The topological polar surface area (TPSA) is 21.7 Å². The number of alkyl halides is 1. The fraction of sp³-hybridized carbons (Fsp3) is 0.571. The largest absolute Gasteiger partial charge is 0.486 e. The van der Waals surface area contributed by atoms with Gasteiger partial charge >= 0.3 is 0 Å². The summed E-state index contributed by atoms with van der Waals surface area (Å²) in [5.74, 6) is 2.43. The third-order valence-electron chi connectivity index (χ3n) is 3.23. The minimum absolute atomic E-state index is 0.641. The van der Waals surface area contributed by atoms with Crippen LogP contribution in [-0.4, -0.2) is 44.1 Å². The number of aryl methyl sites for hydroxylation is 1. The van der Waals surface area contributed by atoms with Crippen LogP contribution in [0.2, 0.25) is 0 Å². The number of benzene rings is 1. The van der Waals surface area contributed by atoms with Crippen molar-refractivity contribution in [3.63, 3.8) is 0 Å². The molecule has 0 fully saturated rings. The third kappa shape index (κ3) is 3.30. The summed E-state index contributed by atoms with van der Waals surface area (Å²) < 4.78 is 11.2. The molecule has 1 heterocycles. The van der Waals surface area contributed by atoms with E-state index in [1.54, 1.807) is 0 Å². The summed E-state index contributed by atoms with van der Waals surface area (Å²) in [6.07, 6.45) is 1.01. The van der Waals surface area contributed by atoms with Crippen molar-refractivity contribution in [2.75, 3.05) is 39.2 Å². The van der Waals surface area contributed by atoms with Crippen LogP contribution in [0.4, 0.5) is 0 Å². The monoisotopic (exact) mass is 269 g/mol. The fourth-order valence-electron chi connectivity index (χ4n) is 2.07. The summed E-state index contributed by atoms with van der Waals surface area (Å²) in [6.45, 7) is 5.33. The normalized spacial score (nSPS) is 14.0. The number of hydrogen-bond acceptors (Lipinski definition) is 3. The third-order valence-corrected chi connectivity index (χ3v) is 3.40. The maximum Gasteiger partial charge on any atom is 0.161 e. The van der Waals surface area contributed by atoms with Gasteiger partial charge in [0.2, 0.25) is 0 Å². The highest BCUT2D eigenvalue weighted by atomic mass is 35.5. The van der Waals surface area contributed by atoms with Gasteiger partial charge in [-0.05, 0) is 43.7 Å². The lowest BCUT2D eigenvalue weighted by atomic mass is 10.0. The van der Waals surface area contributed by atoms with E-state index in [4.69, 9.17) is 21.1 Å². The molecule has 1 aliphatic rings. The van der Waals surface area contributed by atoms with Crippen molar-refractivity contribution in [1.29, 1.82) is 0 Å². The molecule has 4 heteroatoms. The van der Waals surface area contributed by atoms with Crippen molar-refractivity contribution >= 4 is 11.6 Å². The quantitative estimate of drug-likeness (QED) is 0.767. The molecule has 1 aromatic rings. The number of halogens is 1. The number of hydrogen-bond donors (Lipinski definition) is 0. The van der Waals surface area contributed by atoms with Crippen molar-refractivity contribution in [2.45, 2.75) is 13.3 Å². The summed E-state index contributed by atoms with van der Waals surface area (Å²) in [5, 5.41) is 0. The molecule has 0 amide bonds. The summed E-state index contributed by atoms with van der Waals surface area (Å²) in [4.78, 5) is 2.24. The first kappa shape index (κ1) is 13.5. The van der Waals surface area contributed by atoms with Gasteiger partial charge in [-0.2, -0.15) is 0 Å². The van der Waals surface area contributed by atoms with Crippen molar-refractivity contribution in [1.82, 2.24) is 4.90 Å². The fourth-order valence-corrected chi connectivity index (χ4v) is 2.36. The second-order valence-electron chi connectivity index (χ2n) is 4.66. The lowest BCUT2D eigenvalue weighted by molar-refractivity contribution is 0.171. The standard InChI is InChI=1S/C14H20ClNO2/c1-11-9-13-14(18-8-7-17-13)10-12(11)3-5-16(2)6-4-15/h9-10H,3-8H2,1-2H3. The maximum absolute atomic E-state index is 5.73. The van der Waals surface area contributed by atoms with Crippen LogP contribution in [0.25, 0.3) is 0 Å². The molecule has 100 valence electrons. The van der Waals surface area contributed by atoms with Crippen LogP contribution in [0, 0.1) is 6.92 Å². The maximum atomic E-state index is 5.73. The molecular formula is C14H20ClNO2. The van der Waals surface area contributed by atoms with Gasteiger partial charge in [0.1, 0.15) is 13.2 Å². The zero-order valence-corrected chi connectivity index (χ0v) is 11.8. The van der Waals surface area contributed by atoms with Crippen LogP contribution in [0.1, 0.15) is 11.1 Å². The Bertz CT molecular complexity index is 409. The zero-order valence-electron chi connectivity index (χ0n) is 11.0. The van der Waals surface area contributed by atoms with Gasteiger partial charge < -0.3 is 14.4 Å². The Morgan fingerprint density at radius 3 is 2.50 bits per heavy atom. The molecule has 0 bridgehead atoms. The number of rotatable bonds is 5. The molecule has 0 unspecified atom stereocenters. The Hall–Kier alpha value is -0.930. The number of ether oxygens (including phenoxy) is 2. The molecule has 0 saturated heterocycles. The zero-order chi connectivity index (χ0) is 13.0. The van der Waals surface area contributed by atoms with E-state index in [1.807, 2.05) is 0 Å². The summed E-state index contributed by atoms with van der Waals surface area (Å²) >= 11 is 5.73. The Morgan fingerprint density at radius 2 is 1.83 bits per heavy atom. The van der Waals surface area contributed by atoms with Crippen LogP contribution < -0.4 is 9.47 Å². The number of likely N-dealkylation sites (N-methyl/N-ethyl adjacent to an activating group) is 1. The Labute approximate surface area is 114 Å². The Kier molecular flexibility index (Phi) is 4.72. The van der Waals surface area contributed by atoms with Crippen LogP contribution in [-0.2, 0) is 6.42 Å². The highest BCUT2D eigenvalue weighted by Crippen LogP contribution is 2.33. The molecule has 2 rings (SSSR count). The molecule has 0 aromatic heterocycles. The van der Waals surface area contributed by atoms with E-state index in [2.05, 4.69) is 31.0 Å². The van der Waals surface area contributed by atoms with Gasteiger partial charge in [-0.15, -0.1) is 11.6 Å². The van der Waals surface area contributed by atoms with Gasteiger partial charge in [-0.25, -0.2) is 0 Å². The van der Waals surface area contributed by atoms with E-state index < -0.39 is 0 Å². The first-order valence-corrected chi connectivity index (χ1v) is 6.88. The molecule has 0 aliphatic carbocycles. The van der Waals surface area contributed by atoms with Gasteiger partial charge in [-0.1, -0.05) is 0 Å². The smallest absolute Gasteiger partial charge is 0.161 e. The number of fused-ring (bicyclic) bond motifs is 1. The van der Waals surface area contributed by atoms with E-state index in [-0.39, 0.29) is 0 Å². The summed E-state index contributed by atoms with van der Waals surface area (Å²) in [7, 11) is 2.09.